The number of nitrogens with one attached hydrogen (secondary N) is 1. The molecule has 6 rings (SSSR count). The molecule has 1 aromatic heterocycles. The lowest BCUT2D eigenvalue weighted by atomic mass is 9.91. The number of ketones is 1. The molecule has 42 heavy (non-hydrogen) atoms. The molecule has 2 aromatic carbocycles. The zero-order chi connectivity index (χ0) is 29.1. The maximum Gasteiger partial charge on any atom is 0.274 e. The van der Waals surface area contributed by atoms with Crippen molar-refractivity contribution in [3.05, 3.63) is 66.7 Å². The van der Waals surface area contributed by atoms with Gasteiger partial charge in [0.05, 0.1) is 28.2 Å². The Labute approximate surface area is 250 Å². The number of amides is 2. The molecular weight excluding hydrogens is 550 g/mol. The summed E-state index contributed by atoms with van der Waals surface area (Å²) in [5.74, 6) is -0.140. The number of allylic oxidation sites excluding steroid dienone is 2. The van der Waals surface area contributed by atoms with E-state index in [1.165, 1.54) is 11.3 Å². The summed E-state index contributed by atoms with van der Waals surface area (Å²) in [6, 6.07) is 16.3. The normalized spacial score (nSPS) is 29.1. The highest BCUT2D eigenvalue weighted by Gasteiger charge is 2.61. The van der Waals surface area contributed by atoms with E-state index in [4.69, 9.17) is 9.57 Å². The van der Waals surface area contributed by atoms with E-state index in [0.717, 1.165) is 42.3 Å². The zero-order valence-corrected chi connectivity index (χ0v) is 24.7. The number of fused-ring (bicyclic) bond motifs is 3. The standard InChI is InChI=1S/C33H37N3O5S/c1-22-12-6-3-2-4-7-13-23-19-33(23,31(39)35-41-24-14-8-5-9-15-24)20-28(37)27-18-25(21-36(27)30(22)38)40-32-34-26-16-10-11-17-29(26)42-32/h5,7-11,13-17,22-23,25,27H,2-4,6,12,18-21H2,1H3,(H,35,39)/b13-7-/t22-,23+,25+,27-,33+/m0/s1. The third kappa shape index (κ3) is 6.07. The Hall–Kier alpha value is -3.72. The Bertz CT molecular complexity index is 1440. The monoisotopic (exact) mass is 587 g/mol. The highest BCUT2D eigenvalue weighted by Crippen LogP contribution is 2.57. The SMILES string of the molecule is C[C@H]1CCCCC/C=C\[C@@H]2C[C@@]2(C(=O)NOc2ccccc2)CC(=O)[C@@H]2C[C@@H](Oc3nc4ccccc4s3)CN2C1=O. The third-order valence-corrected chi connectivity index (χ3v) is 9.76. The maximum absolute atomic E-state index is 14.0. The van der Waals surface area contributed by atoms with Crippen molar-refractivity contribution in [2.45, 2.75) is 70.4 Å². The van der Waals surface area contributed by atoms with E-state index in [-0.39, 0.29) is 42.0 Å². The number of para-hydroxylation sites is 2. The van der Waals surface area contributed by atoms with Crippen molar-refractivity contribution in [3.8, 4) is 10.9 Å². The minimum absolute atomic E-state index is 0.0185. The highest BCUT2D eigenvalue weighted by molar-refractivity contribution is 7.20. The molecule has 1 aliphatic carbocycles. The van der Waals surface area contributed by atoms with E-state index < -0.39 is 11.5 Å². The molecule has 220 valence electrons. The first-order chi connectivity index (χ1) is 20.4. The number of hydrogen-bond acceptors (Lipinski definition) is 7. The van der Waals surface area contributed by atoms with Gasteiger partial charge in [-0.2, -0.15) is 5.48 Å². The Kier molecular flexibility index (Phi) is 8.29. The van der Waals surface area contributed by atoms with Gasteiger partial charge in [0.1, 0.15) is 6.10 Å². The highest BCUT2D eigenvalue weighted by atomic mass is 32.1. The van der Waals surface area contributed by atoms with Gasteiger partial charge in [-0.25, -0.2) is 4.98 Å². The molecule has 3 heterocycles. The Morgan fingerprint density at radius 2 is 1.88 bits per heavy atom. The van der Waals surface area contributed by atoms with Gasteiger partial charge in [0, 0.05) is 18.8 Å². The quantitative estimate of drug-likeness (QED) is 0.296. The first-order valence-electron chi connectivity index (χ1n) is 15.0. The average Bonchev–Trinajstić information content (AvgIpc) is 3.31. The van der Waals surface area contributed by atoms with Gasteiger partial charge < -0.3 is 14.5 Å². The van der Waals surface area contributed by atoms with Crippen LogP contribution < -0.4 is 15.1 Å². The van der Waals surface area contributed by atoms with Gasteiger partial charge in [-0.15, -0.1) is 0 Å². The summed E-state index contributed by atoms with van der Waals surface area (Å²) in [6.45, 7) is 2.28. The fraction of sp³-hybridized carbons (Fsp3) is 0.455. The van der Waals surface area contributed by atoms with Crippen LogP contribution in [0.3, 0.4) is 0 Å². The van der Waals surface area contributed by atoms with Gasteiger partial charge >= 0.3 is 0 Å². The molecule has 0 unspecified atom stereocenters. The first kappa shape index (κ1) is 28.4. The van der Waals surface area contributed by atoms with Gasteiger partial charge in [-0.1, -0.05) is 73.6 Å². The maximum atomic E-state index is 14.0. The lowest BCUT2D eigenvalue weighted by Crippen LogP contribution is -2.45. The number of thiazole rings is 1. The summed E-state index contributed by atoms with van der Waals surface area (Å²) in [5, 5.41) is 0.540. The van der Waals surface area contributed by atoms with Crippen molar-refractivity contribution in [1.82, 2.24) is 15.4 Å². The molecule has 5 atom stereocenters. The van der Waals surface area contributed by atoms with E-state index in [1.807, 2.05) is 49.4 Å². The molecule has 0 spiro atoms. The molecule has 1 saturated heterocycles. The number of aromatic nitrogens is 1. The van der Waals surface area contributed by atoms with Crippen molar-refractivity contribution >= 4 is 39.2 Å². The molecular formula is C33H37N3O5S. The third-order valence-electron chi connectivity index (χ3n) is 8.84. The number of rotatable bonds is 5. The van der Waals surface area contributed by atoms with Crippen LogP contribution in [0.1, 0.15) is 58.3 Å². The van der Waals surface area contributed by atoms with Crippen LogP contribution >= 0.6 is 11.3 Å². The van der Waals surface area contributed by atoms with Crippen molar-refractivity contribution in [3.63, 3.8) is 0 Å². The minimum atomic E-state index is -0.894. The van der Waals surface area contributed by atoms with Crippen LogP contribution in [-0.4, -0.2) is 46.2 Å². The Morgan fingerprint density at radius 3 is 2.71 bits per heavy atom. The first-order valence-corrected chi connectivity index (χ1v) is 15.8. The van der Waals surface area contributed by atoms with Gasteiger partial charge in [0.15, 0.2) is 11.5 Å². The minimum Gasteiger partial charge on any atom is -0.465 e. The zero-order valence-electron chi connectivity index (χ0n) is 23.9. The van der Waals surface area contributed by atoms with Gasteiger partial charge in [0.2, 0.25) is 5.91 Å². The largest absolute Gasteiger partial charge is 0.465 e. The predicted molar refractivity (Wildman–Crippen MR) is 161 cm³/mol. The summed E-state index contributed by atoms with van der Waals surface area (Å²) in [6.07, 6.45) is 9.62. The van der Waals surface area contributed by atoms with E-state index >= 15 is 0 Å². The number of carbonyl (C=O) groups excluding carboxylic acids is 3. The van der Waals surface area contributed by atoms with Crippen LogP contribution in [0.5, 0.6) is 10.9 Å². The second kappa shape index (κ2) is 12.3. The molecule has 2 fully saturated rings. The van der Waals surface area contributed by atoms with Crippen LogP contribution in [0.4, 0.5) is 0 Å². The Morgan fingerprint density at radius 1 is 1.07 bits per heavy atom. The molecule has 2 aliphatic heterocycles. The molecule has 3 aliphatic rings. The van der Waals surface area contributed by atoms with Crippen LogP contribution in [0, 0.1) is 17.3 Å². The molecule has 1 N–H and O–H groups in total. The fourth-order valence-electron chi connectivity index (χ4n) is 6.29. The van der Waals surface area contributed by atoms with E-state index in [1.54, 1.807) is 17.0 Å². The summed E-state index contributed by atoms with van der Waals surface area (Å²) < 4.78 is 7.31. The van der Waals surface area contributed by atoms with Crippen LogP contribution in [0.2, 0.25) is 0 Å². The molecule has 0 bridgehead atoms. The lowest BCUT2D eigenvalue weighted by molar-refractivity contribution is -0.142. The van der Waals surface area contributed by atoms with Gasteiger partial charge in [0.25, 0.3) is 11.1 Å². The smallest absolute Gasteiger partial charge is 0.274 e. The van der Waals surface area contributed by atoms with Crippen LogP contribution in [0.25, 0.3) is 10.2 Å². The van der Waals surface area contributed by atoms with Gasteiger partial charge in [-0.3, -0.25) is 14.4 Å². The molecule has 8 nitrogen and oxygen atoms in total. The molecule has 9 heteroatoms. The molecule has 3 aromatic rings. The summed E-state index contributed by atoms with van der Waals surface area (Å²) in [4.78, 5) is 53.2. The number of Topliss-reactive ketones (excluding diaryl/α,β-unsaturated/α-hetero) is 1. The van der Waals surface area contributed by atoms with E-state index in [2.05, 4.69) is 22.6 Å². The van der Waals surface area contributed by atoms with Crippen LogP contribution in [-0.2, 0) is 14.4 Å². The van der Waals surface area contributed by atoms with Gasteiger partial charge in [-0.05, 0) is 55.9 Å². The number of benzene rings is 2. The van der Waals surface area contributed by atoms with Crippen LogP contribution in [0.15, 0.2) is 66.7 Å². The van der Waals surface area contributed by atoms with Crippen molar-refractivity contribution in [2.24, 2.45) is 17.3 Å². The number of ether oxygens (including phenoxy) is 1. The molecule has 2 amide bonds. The molecule has 1 saturated carbocycles. The van der Waals surface area contributed by atoms with Crippen molar-refractivity contribution in [2.75, 3.05) is 6.54 Å². The topological polar surface area (TPSA) is 97.8 Å². The number of hydroxylamine groups is 1. The second-order valence-corrected chi connectivity index (χ2v) is 12.8. The summed E-state index contributed by atoms with van der Waals surface area (Å²) in [7, 11) is 0. The van der Waals surface area contributed by atoms with E-state index in [9.17, 15) is 14.4 Å². The summed E-state index contributed by atoms with van der Waals surface area (Å²) >= 11 is 1.46. The van der Waals surface area contributed by atoms with Crippen molar-refractivity contribution < 1.29 is 24.0 Å². The number of carbonyl (C=O) groups is 3. The second-order valence-electron chi connectivity index (χ2n) is 11.9. The van der Waals surface area contributed by atoms with E-state index in [0.29, 0.717) is 30.3 Å². The summed E-state index contributed by atoms with van der Waals surface area (Å²) in [5.41, 5.74) is 2.58. The fourth-order valence-corrected chi connectivity index (χ4v) is 7.17. The number of nitrogens with zero attached hydrogens (tertiary/aromatic N) is 2. The average molecular weight is 588 g/mol. The Balaban J connectivity index is 1.22. The lowest BCUT2D eigenvalue weighted by Gasteiger charge is -2.27. The number of hydrogen-bond donors (Lipinski definition) is 1. The predicted octanol–water partition coefficient (Wildman–Crippen LogP) is 5.88. The molecule has 0 radical (unpaired) electrons. The van der Waals surface area contributed by atoms with Crippen molar-refractivity contribution in [1.29, 1.82) is 0 Å².